The first-order valence-corrected chi connectivity index (χ1v) is 8.74. The quantitative estimate of drug-likeness (QED) is 0.855. The molecule has 0 spiro atoms. The Bertz CT molecular complexity index is 659. The van der Waals surface area contributed by atoms with Crippen LogP contribution in [0, 0.1) is 0 Å². The molecule has 2 N–H and O–H groups in total. The summed E-state index contributed by atoms with van der Waals surface area (Å²) in [6.07, 6.45) is 3.40. The number of hydrogen-bond donors (Lipinski definition) is 2. The monoisotopic (exact) mass is 345 g/mol. The lowest BCUT2D eigenvalue weighted by atomic mass is 9.97. The summed E-state index contributed by atoms with van der Waals surface area (Å²) in [5, 5.41) is 11.7. The number of carbonyl (C=O) groups excluding carboxylic acids is 2. The van der Waals surface area contributed by atoms with E-state index in [1.807, 2.05) is 4.90 Å². The molecule has 0 radical (unpaired) electrons. The van der Waals surface area contributed by atoms with Crippen LogP contribution in [0.25, 0.3) is 0 Å². The number of piperidine rings is 1. The Morgan fingerprint density at radius 1 is 1.16 bits per heavy atom. The van der Waals surface area contributed by atoms with Gasteiger partial charge in [0.15, 0.2) is 0 Å². The molecule has 1 unspecified atom stereocenters. The van der Waals surface area contributed by atoms with E-state index in [2.05, 4.69) is 5.32 Å². The average Bonchev–Trinajstić information content (AvgIpc) is 3.06. The fourth-order valence-corrected chi connectivity index (χ4v) is 3.53. The van der Waals surface area contributed by atoms with Crippen LogP contribution in [0.4, 0.5) is 10.5 Å². The molecule has 2 saturated heterocycles. The third kappa shape index (κ3) is 3.92. The highest BCUT2D eigenvalue weighted by atomic mass is 16.4. The lowest BCUT2D eigenvalue weighted by molar-refractivity contribution is -0.137. The molecule has 3 amide bonds. The van der Waals surface area contributed by atoms with Crippen LogP contribution in [0.5, 0.6) is 0 Å². The summed E-state index contributed by atoms with van der Waals surface area (Å²) >= 11 is 0. The van der Waals surface area contributed by atoms with E-state index in [0.29, 0.717) is 31.6 Å². The van der Waals surface area contributed by atoms with Crippen LogP contribution < -0.4 is 10.2 Å². The van der Waals surface area contributed by atoms with Crippen LogP contribution in [0.2, 0.25) is 0 Å². The van der Waals surface area contributed by atoms with Crippen molar-refractivity contribution in [2.24, 2.45) is 0 Å². The van der Waals surface area contributed by atoms with E-state index in [4.69, 9.17) is 5.11 Å². The number of hydrogen-bond acceptors (Lipinski definition) is 3. The summed E-state index contributed by atoms with van der Waals surface area (Å²) in [4.78, 5) is 38.8. The Hall–Kier alpha value is -2.57. The fourth-order valence-electron chi connectivity index (χ4n) is 3.53. The van der Waals surface area contributed by atoms with Gasteiger partial charge in [-0.2, -0.15) is 0 Å². The molecule has 1 atom stereocenters. The van der Waals surface area contributed by atoms with Crippen molar-refractivity contribution in [1.82, 2.24) is 10.2 Å². The topological polar surface area (TPSA) is 89.9 Å². The van der Waals surface area contributed by atoms with E-state index in [0.717, 1.165) is 24.9 Å². The molecule has 2 fully saturated rings. The predicted molar refractivity (Wildman–Crippen MR) is 92.7 cm³/mol. The molecule has 134 valence electrons. The van der Waals surface area contributed by atoms with Crippen molar-refractivity contribution in [3.8, 4) is 0 Å². The second-order valence-corrected chi connectivity index (χ2v) is 6.51. The van der Waals surface area contributed by atoms with Gasteiger partial charge in [0.25, 0.3) is 5.91 Å². The minimum absolute atomic E-state index is 0.0126. The van der Waals surface area contributed by atoms with Gasteiger partial charge in [-0.1, -0.05) is 0 Å². The minimum Gasteiger partial charge on any atom is -0.481 e. The molecular formula is C18H23N3O4. The van der Waals surface area contributed by atoms with Gasteiger partial charge in [-0.15, -0.1) is 0 Å². The second kappa shape index (κ2) is 7.55. The van der Waals surface area contributed by atoms with Crippen molar-refractivity contribution < 1.29 is 19.5 Å². The Balaban J connectivity index is 1.70. The summed E-state index contributed by atoms with van der Waals surface area (Å²) in [6.45, 7) is 1.91. The molecule has 1 aromatic carbocycles. The number of nitrogens with one attached hydrogen (secondary N) is 1. The van der Waals surface area contributed by atoms with Crippen molar-refractivity contribution >= 4 is 23.6 Å². The Kier molecular flexibility index (Phi) is 5.21. The van der Waals surface area contributed by atoms with Gasteiger partial charge in [0.2, 0.25) is 0 Å². The van der Waals surface area contributed by atoms with E-state index >= 15 is 0 Å². The molecule has 2 aliphatic heterocycles. The first-order chi connectivity index (χ1) is 12.1. The number of carboxylic acid groups (broad SMARTS) is 1. The molecule has 0 bridgehead atoms. The molecule has 7 nitrogen and oxygen atoms in total. The number of nitrogens with zero attached hydrogens (tertiary/aromatic N) is 2. The molecule has 0 aliphatic carbocycles. The number of likely N-dealkylation sites (tertiary alicyclic amines) is 1. The van der Waals surface area contributed by atoms with E-state index < -0.39 is 5.97 Å². The van der Waals surface area contributed by atoms with Crippen LogP contribution in [-0.2, 0) is 4.79 Å². The second-order valence-electron chi connectivity index (χ2n) is 6.51. The van der Waals surface area contributed by atoms with Crippen molar-refractivity contribution in [2.45, 2.75) is 38.1 Å². The predicted octanol–water partition coefficient (Wildman–Crippen LogP) is 2.08. The third-order valence-corrected chi connectivity index (χ3v) is 4.86. The normalized spacial score (nSPS) is 20.5. The zero-order valence-corrected chi connectivity index (χ0v) is 14.1. The molecule has 2 aliphatic rings. The molecule has 3 rings (SSSR count). The number of rotatable bonds is 5. The minimum atomic E-state index is -0.828. The number of aliphatic carboxylic acids is 1. The molecule has 2 heterocycles. The van der Waals surface area contributed by atoms with Gasteiger partial charge in [0, 0.05) is 43.3 Å². The fraction of sp³-hybridized carbons (Fsp3) is 0.500. The SMILES string of the molecule is O=C(O)CCC1CCCCN1C(=O)c1ccc(N2CCNC2=O)cc1. The highest BCUT2D eigenvalue weighted by Gasteiger charge is 2.28. The lowest BCUT2D eigenvalue weighted by Crippen LogP contribution is -2.44. The van der Waals surface area contributed by atoms with Gasteiger partial charge in [0.05, 0.1) is 0 Å². The Morgan fingerprint density at radius 2 is 1.92 bits per heavy atom. The van der Waals surface area contributed by atoms with E-state index in [-0.39, 0.29) is 24.4 Å². The van der Waals surface area contributed by atoms with E-state index in [1.54, 1.807) is 29.2 Å². The molecular weight excluding hydrogens is 322 g/mol. The highest BCUT2D eigenvalue weighted by Crippen LogP contribution is 2.24. The van der Waals surface area contributed by atoms with Gasteiger partial charge in [-0.05, 0) is 49.9 Å². The molecule has 25 heavy (non-hydrogen) atoms. The molecule has 7 heteroatoms. The number of amides is 3. The van der Waals surface area contributed by atoms with E-state index in [1.165, 1.54) is 0 Å². The summed E-state index contributed by atoms with van der Waals surface area (Å²) < 4.78 is 0. The summed E-state index contributed by atoms with van der Waals surface area (Å²) in [6, 6.07) is 6.92. The average molecular weight is 345 g/mol. The summed E-state index contributed by atoms with van der Waals surface area (Å²) in [7, 11) is 0. The van der Waals surface area contributed by atoms with Crippen LogP contribution in [0.1, 0.15) is 42.5 Å². The maximum Gasteiger partial charge on any atom is 0.321 e. The molecule has 0 aromatic heterocycles. The van der Waals surface area contributed by atoms with Gasteiger partial charge in [0.1, 0.15) is 0 Å². The maximum absolute atomic E-state index is 12.8. The number of urea groups is 1. The Labute approximate surface area is 146 Å². The Morgan fingerprint density at radius 3 is 2.56 bits per heavy atom. The zero-order chi connectivity index (χ0) is 17.8. The van der Waals surface area contributed by atoms with Crippen molar-refractivity contribution in [3.63, 3.8) is 0 Å². The van der Waals surface area contributed by atoms with Gasteiger partial charge < -0.3 is 15.3 Å². The number of carboxylic acids is 1. The number of anilines is 1. The highest BCUT2D eigenvalue weighted by molar-refractivity contribution is 5.97. The van der Waals surface area contributed by atoms with Crippen LogP contribution in [0.3, 0.4) is 0 Å². The van der Waals surface area contributed by atoms with Crippen molar-refractivity contribution in [2.75, 3.05) is 24.5 Å². The molecule has 0 saturated carbocycles. The van der Waals surface area contributed by atoms with Crippen LogP contribution in [-0.4, -0.2) is 53.6 Å². The van der Waals surface area contributed by atoms with Gasteiger partial charge >= 0.3 is 12.0 Å². The number of carbonyl (C=O) groups is 3. The van der Waals surface area contributed by atoms with E-state index in [9.17, 15) is 14.4 Å². The van der Waals surface area contributed by atoms with Gasteiger partial charge in [-0.3, -0.25) is 14.5 Å². The van der Waals surface area contributed by atoms with Crippen molar-refractivity contribution in [3.05, 3.63) is 29.8 Å². The largest absolute Gasteiger partial charge is 0.481 e. The summed E-state index contributed by atoms with van der Waals surface area (Å²) in [5.74, 6) is -0.890. The van der Waals surface area contributed by atoms with Gasteiger partial charge in [-0.25, -0.2) is 4.79 Å². The smallest absolute Gasteiger partial charge is 0.321 e. The lowest BCUT2D eigenvalue weighted by Gasteiger charge is -2.35. The third-order valence-electron chi connectivity index (χ3n) is 4.86. The maximum atomic E-state index is 12.8. The van der Waals surface area contributed by atoms with Crippen LogP contribution in [0.15, 0.2) is 24.3 Å². The summed E-state index contributed by atoms with van der Waals surface area (Å²) in [5.41, 5.74) is 1.35. The zero-order valence-electron chi connectivity index (χ0n) is 14.1. The molecule has 1 aromatic rings. The standard InChI is InChI=1S/C18H23N3O4/c22-16(23)9-8-14-3-1-2-11-20(14)17(24)13-4-6-15(7-5-13)21-12-10-19-18(21)25/h4-7,14H,1-3,8-12H2,(H,19,25)(H,22,23). The first kappa shape index (κ1) is 17.3. The van der Waals surface area contributed by atoms with Crippen LogP contribution >= 0.6 is 0 Å². The van der Waals surface area contributed by atoms with Crippen molar-refractivity contribution in [1.29, 1.82) is 0 Å². The number of benzene rings is 1. The first-order valence-electron chi connectivity index (χ1n) is 8.74.